The third-order valence-electron chi connectivity index (χ3n) is 3.26. The first-order chi connectivity index (χ1) is 11.5. The van der Waals surface area contributed by atoms with Crippen LogP contribution in [0, 0.1) is 15.9 Å². The van der Waals surface area contributed by atoms with Crippen LogP contribution in [0.15, 0.2) is 54.7 Å². The number of halogens is 1. The number of nitrogen functional groups attached to an aromatic ring is 1. The number of hydrogen-bond donors (Lipinski definition) is 2. The van der Waals surface area contributed by atoms with E-state index in [2.05, 4.69) is 15.3 Å². The monoisotopic (exact) mass is 325 g/mol. The van der Waals surface area contributed by atoms with Gasteiger partial charge in [0.25, 0.3) is 0 Å². The highest BCUT2D eigenvalue weighted by Gasteiger charge is 2.17. The van der Waals surface area contributed by atoms with Gasteiger partial charge in [0, 0.05) is 11.6 Å². The van der Waals surface area contributed by atoms with Crippen molar-refractivity contribution in [3.8, 4) is 11.3 Å². The number of benzene rings is 1. The van der Waals surface area contributed by atoms with Gasteiger partial charge in [0.05, 0.1) is 22.5 Å². The molecule has 0 aliphatic heterocycles. The minimum Gasteiger partial charge on any atom is -0.384 e. The van der Waals surface area contributed by atoms with Crippen molar-refractivity contribution in [1.29, 1.82) is 0 Å². The Balaban J connectivity index is 2.01. The average Bonchev–Trinajstić information content (AvgIpc) is 2.57. The van der Waals surface area contributed by atoms with Crippen LogP contribution in [0.25, 0.3) is 11.3 Å². The fraction of sp³-hybridized carbons (Fsp3) is 0. The second kappa shape index (κ2) is 6.29. The number of anilines is 3. The Morgan fingerprint density at radius 1 is 1.08 bits per heavy atom. The van der Waals surface area contributed by atoms with Gasteiger partial charge >= 0.3 is 5.69 Å². The molecule has 2 heterocycles. The zero-order chi connectivity index (χ0) is 17.1. The van der Waals surface area contributed by atoms with Crippen LogP contribution in [-0.2, 0) is 0 Å². The molecule has 2 aromatic heterocycles. The molecular weight excluding hydrogens is 313 g/mol. The fourth-order valence-electron chi connectivity index (χ4n) is 2.09. The smallest absolute Gasteiger partial charge is 0.311 e. The molecule has 3 N–H and O–H groups in total. The minimum atomic E-state index is -0.533. The van der Waals surface area contributed by atoms with Gasteiger partial charge in [-0.2, -0.15) is 0 Å². The lowest BCUT2D eigenvalue weighted by molar-refractivity contribution is -0.384. The summed E-state index contributed by atoms with van der Waals surface area (Å²) in [6.45, 7) is 0. The number of pyridine rings is 2. The fourth-order valence-corrected chi connectivity index (χ4v) is 2.09. The molecule has 7 nitrogen and oxygen atoms in total. The summed E-state index contributed by atoms with van der Waals surface area (Å²) >= 11 is 0. The van der Waals surface area contributed by atoms with Crippen molar-refractivity contribution in [1.82, 2.24) is 9.97 Å². The second-order valence-electron chi connectivity index (χ2n) is 4.92. The molecule has 0 bridgehead atoms. The zero-order valence-corrected chi connectivity index (χ0v) is 12.3. The van der Waals surface area contributed by atoms with Crippen LogP contribution in [0.1, 0.15) is 0 Å². The molecular formula is C16H12FN5O2. The van der Waals surface area contributed by atoms with Crippen molar-refractivity contribution >= 4 is 23.0 Å². The van der Waals surface area contributed by atoms with E-state index in [0.717, 1.165) is 0 Å². The molecule has 0 aliphatic carbocycles. The summed E-state index contributed by atoms with van der Waals surface area (Å²) in [7, 11) is 0. The minimum absolute atomic E-state index is 0.0633. The van der Waals surface area contributed by atoms with Gasteiger partial charge < -0.3 is 11.1 Å². The van der Waals surface area contributed by atoms with E-state index >= 15 is 0 Å². The largest absolute Gasteiger partial charge is 0.384 e. The van der Waals surface area contributed by atoms with Crippen LogP contribution in [0.3, 0.4) is 0 Å². The Morgan fingerprint density at radius 3 is 2.46 bits per heavy atom. The number of aromatic nitrogens is 2. The lowest BCUT2D eigenvalue weighted by atomic mass is 10.1. The standard InChI is InChI=1S/C16H12FN5O2/c17-11-3-1-10(2-4-11)13-6-7-14(22(23)24)16(21-13)20-12-5-8-15(18)19-9-12/h1-9H,(H2,18,19)(H,20,21). The number of rotatable bonds is 4. The summed E-state index contributed by atoms with van der Waals surface area (Å²) in [4.78, 5) is 18.9. The molecule has 3 aromatic rings. The summed E-state index contributed by atoms with van der Waals surface area (Å²) in [5.74, 6) is 0.0310. The normalized spacial score (nSPS) is 10.4. The third-order valence-corrected chi connectivity index (χ3v) is 3.26. The maximum absolute atomic E-state index is 13.0. The van der Waals surface area contributed by atoms with Gasteiger partial charge in [0.15, 0.2) is 0 Å². The quantitative estimate of drug-likeness (QED) is 0.561. The van der Waals surface area contributed by atoms with Crippen LogP contribution >= 0.6 is 0 Å². The molecule has 1 aromatic carbocycles. The number of nitrogens with zero attached hydrogens (tertiary/aromatic N) is 3. The maximum atomic E-state index is 13.0. The van der Waals surface area contributed by atoms with E-state index in [9.17, 15) is 14.5 Å². The molecule has 0 radical (unpaired) electrons. The van der Waals surface area contributed by atoms with E-state index < -0.39 is 4.92 Å². The summed E-state index contributed by atoms with van der Waals surface area (Å²) < 4.78 is 13.0. The van der Waals surface area contributed by atoms with E-state index in [1.807, 2.05) is 0 Å². The van der Waals surface area contributed by atoms with Crippen LogP contribution in [0.5, 0.6) is 0 Å². The third kappa shape index (κ3) is 3.27. The molecule has 0 atom stereocenters. The first kappa shape index (κ1) is 15.3. The molecule has 0 aliphatic rings. The van der Waals surface area contributed by atoms with Crippen molar-refractivity contribution < 1.29 is 9.31 Å². The van der Waals surface area contributed by atoms with E-state index in [1.54, 1.807) is 24.3 Å². The Labute approximate surface area is 136 Å². The maximum Gasteiger partial charge on any atom is 0.311 e. The summed E-state index contributed by atoms with van der Waals surface area (Å²) in [5, 5.41) is 14.1. The Bertz CT molecular complexity index is 882. The molecule has 24 heavy (non-hydrogen) atoms. The first-order valence-electron chi connectivity index (χ1n) is 6.93. The van der Waals surface area contributed by atoms with Gasteiger partial charge in [-0.25, -0.2) is 14.4 Å². The van der Waals surface area contributed by atoms with Crippen LogP contribution in [0.4, 0.5) is 27.4 Å². The van der Waals surface area contributed by atoms with Crippen LogP contribution in [-0.4, -0.2) is 14.9 Å². The highest BCUT2D eigenvalue weighted by molar-refractivity contribution is 5.70. The molecule has 0 amide bonds. The Hall–Kier alpha value is -3.55. The summed E-state index contributed by atoms with van der Waals surface area (Å²) in [6, 6.07) is 11.8. The first-order valence-corrected chi connectivity index (χ1v) is 6.93. The van der Waals surface area contributed by atoms with Crippen molar-refractivity contribution in [3.05, 3.63) is 70.7 Å². The van der Waals surface area contributed by atoms with E-state index in [1.165, 1.54) is 30.5 Å². The number of hydrogen-bond acceptors (Lipinski definition) is 6. The number of nitrogens with two attached hydrogens (primary N) is 1. The van der Waals surface area contributed by atoms with E-state index in [4.69, 9.17) is 5.73 Å². The predicted octanol–water partition coefficient (Wildman–Crippen LogP) is 3.52. The van der Waals surface area contributed by atoms with Crippen molar-refractivity contribution in [2.45, 2.75) is 0 Å². The van der Waals surface area contributed by atoms with Gasteiger partial charge in [-0.15, -0.1) is 0 Å². The highest BCUT2D eigenvalue weighted by Crippen LogP contribution is 2.29. The van der Waals surface area contributed by atoms with Crippen LogP contribution < -0.4 is 11.1 Å². The molecule has 0 saturated heterocycles. The summed E-state index contributed by atoms with van der Waals surface area (Å²) in [6.07, 6.45) is 1.45. The van der Waals surface area contributed by atoms with Gasteiger partial charge in [-0.3, -0.25) is 10.1 Å². The van der Waals surface area contributed by atoms with Crippen molar-refractivity contribution in [2.24, 2.45) is 0 Å². The topological polar surface area (TPSA) is 107 Å². The molecule has 0 spiro atoms. The van der Waals surface area contributed by atoms with Gasteiger partial charge in [-0.05, 0) is 42.5 Å². The molecule has 3 rings (SSSR count). The Morgan fingerprint density at radius 2 is 1.83 bits per heavy atom. The molecule has 120 valence electrons. The van der Waals surface area contributed by atoms with Gasteiger partial charge in [-0.1, -0.05) is 0 Å². The van der Waals surface area contributed by atoms with Crippen LogP contribution in [0.2, 0.25) is 0 Å². The molecule has 0 saturated carbocycles. The highest BCUT2D eigenvalue weighted by atomic mass is 19.1. The second-order valence-corrected chi connectivity index (χ2v) is 4.92. The lowest BCUT2D eigenvalue weighted by Gasteiger charge is -2.08. The van der Waals surface area contributed by atoms with Crippen molar-refractivity contribution in [3.63, 3.8) is 0 Å². The summed E-state index contributed by atoms with van der Waals surface area (Å²) in [5.41, 5.74) is 6.97. The van der Waals surface area contributed by atoms with Gasteiger partial charge in [0.1, 0.15) is 11.6 Å². The zero-order valence-electron chi connectivity index (χ0n) is 12.3. The van der Waals surface area contributed by atoms with E-state index in [0.29, 0.717) is 22.8 Å². The molecule has 0 unspecified atom stereocenters. The van der Waals surface area contributed by atoms with E-state index in [-0.39, 0.29) is 17.3 Å². The number of nitro groups is 1. The Kier molecular flexibility index (Phi) is 4.02. The van der Waals surface area contributed by atoms with Crippen molar-refractivity contribution in [2.75, 3.05) is 11.1 Å². The average molecular weight is 325 g/mol. The number of nitrogens with one attached hydrogen (secondary N) is 1. The molecule has 8 heteroatoms. The SMILES string of the molecule is Nc1ccc(Nc2nc(-c3ccc(F)cc3)ccc2[N+](=O)[O-])cn1. The molecule has 0 fully saturated rings. The lowest BCUT2D eigenvalue weighted by Crippen LogP contribution is -2.01. The van der Waals surface area contributed by atoms with Gasteiger partial charge in [0.2, 0.25) is 5.82 Å². The predicted molar refractivity (Wildman–Crippen MR) is 88.2 cm³/mol.